The van der Waals surface area contributed by atoms with E-state index in [1.54, 1.807) is 0 Å². The van der Waals surface area contributed by atoms with Crippen LogP contribution in [0.2, 0.25) is 0 Å². The van der Waals surface area contributed by atoms with Crippen LogP contribution in [-0.4, -0.2) is 23.5 Å². The molecule has 5 atom stereocenters. The molecule has 2 fully saturated rings. The van der Waals surface area contributed by atoms with E-state index in [1.165, 1.54) is 30.4 Å². The van der Waals surface area contributed by atoms with Crippen LogP contribution in [0.4, 0.5) is 0 Å². The second-order valence-electron chi connectivity index (χ2n) is 9.27. The van der Waals surface area contributed by atoms with E-state index in [0.717, 1.165) is 30.9 Å². The molecule has 0 bridgehead atoms. The van der Waals surface area contributed by atoms with E-state index >= 15 is 0 Å². The van der Waals surface area contributed by atoms with Crippen LogP contribution in [0, 0.1) is 29.6 Å². The zero-order valence-electron chi connectivity index (χ0n) is 16.0. The van der Waals surface area contributed by atoms with Gasteiger partial charge in [-0.3, -0.25) is 0 Å². The Bertz CT molecular complexity index is 820. The lowest BCUT2D eigenvalue weighted by atomic mass is 9.55. The molecule has 142 valence electrons. The fraction of sp³-hybridized carbons (Fsp3) is 0.652. The molecule has 0 spiro atoms. The van der Waals surface area contributed by atoms with Gasteiger partial charge in [0.15, 0.2) is 0 Å². The first-order valence-electron chi connectivity index (χ1n) is 10.4. The van der Waals surface area contributed by atoms with Gasteiger partial charge in [-0.2, -0.15) is 10.2 Å². The van der Waals surface area contributed by atoms with Gasteiger partial charge in [0.05, 0.1) is 12.5 Å². The van der Waals surface area contributed by atoms with E-state index in [0.29, 0.717) is 24.9 Å². The number of rotatable bonds is 4. The van der Waals surface area contributed by atoms with Crippen molar-refractivity contribution in [2.24, 2.45) is 27.5 Å². The number of aryl methyl sites for hydroxylation is 1. The van der Waals surface area contributed by atoms with Crippen LogP contribution in [0.25, 0.3) is 0 Å². The molecule has 0 aromatic heterocycles. The molecule has 0 amide bonds. The second kappa shape index (κ2) is 6.07. The maximum atomic E-state index is 10.5. The maximum Gasteiger partial charge on any atom is 0.235 e. The summed E-state index contributed by atoms with van der Waals surface area (Å²) in [5.41, 5.74) is 2.60. The molecular formula is C23H28N2O2. The minimum atomic E-state index is -0.493. The van der Waals surface area contributed by atoms with E-state index in [9.17, 15) is 5.11 Å². The summed E-state index contributed by atoms with van der Waals surface area (Å²) in [4.78, 5) is 0. The Morgan fingerprint density at radius 2 is 2.11 bits per heavy atom. The van der Waals surface area contributed by atoms with Crippen molar-refractivity contribution >= 4 is 0 Å². The van der Waals surface area contributed by atoms with E-state index in [1.807, 2.05) is 0 Å². The second-order valence-corrected chi connectivity index (χ2v) is 9.27. The highest BCUT2D eigenvalue weighted by molar-refractivity contribution is 5.41. The lowest BCUT2D eigenvalue weighted by molar-refractivity contribution is -0.0226. The minimum absolute atomic E-state index is 0.103. The molecule has 3 aliphatic carbocycles. The Kier molecular flexibility index (Phi) is 3.88. The largest absolute Gasteiger partial charge is 0.489 e. The highest BCUT2D eigenvalue weighted by atomic mass is 16.5. The van der Waals surface area contributed by atoms with Crippen LogP contribution in [0.3, 0.4) is 0 Å². The summed E-state index contributed by atoms with van der Waals surface area (Å²) in [6, 6.07) is 6.60. The van der Waals surface area contributed by atoms with Gasteiger partial charge in [0.1, 0.15) is 12.4 Å². The topological polar surface area (TPSA) is 54.2 Å². The first-order chi connectivity index (χ1) is 13.0. The number of hydrogen-bond acceptors (Lipinski definition) is 4. The lowest BCUT2D eigenvalue weighted by Crippen LogP contribution is -2.43. The van der Waals surface area contributed by atoms with E-state index in [-0.39, 0.29) is 11.5 Å². The van der Waals surface area contributed by atoms with Gasteiger partial charge in [-0.15, -0.1) is 12.3 Å². The van der Waals surface area contributed by atoms with E-state index in [2.05, 4.69) is 41.3 Å². The van der Waals surface area contributed by atoms with Crippen LogP contribution >= 0.6 is 0 Å². The number of ether oxygens (including phenoxy) is 1. The molecule has 1 N–H and O–H groups in total. The van der Waals surface area contributed by atoms with E-state index < -0.39 is 5.66 Å². The third kappa shape index (κ3) is 2.70. The Hall–Kier alpha value is -1.86. The van der Waals surface area contributed by atoms with Crippen molar-refractivity contribution in [3.05, 3.63) is 29.3 Å². The van der Waals surface area contributed by atoms with Crippen LogP contribution < -0.4 is 4.74 Å². The van der Waals surface area contributed by atoms with Crippen LogP contribution in [0.1, 0.15) is 62.5 Å². The normalized spacial score (nSPS) is 37.7. The van der Waals surface area contributed by atoms with Crippen molar-refractivity contribution in [1.82, 2.24) is 0 Å². The zero-order valence-corrected chi connectivity index (χ0v) is 16.0. The summed E-state index contributed by atoms with van der Waals surface area (Å²) < 4.78 is 5.97. The Balaban J connectivity index is 1.33. The van der Waals surface area contributed by atoms with Gasteiger partial charge in [-0.25, -0.2) is 0 Å². The quantitative estimate of drug-likeness (QED) is 0.802. The van der Waals surface area contributed by atoms with Gasteiger partial charge in [-0.1, -0.05) is 13.0 Å². The molecule has 4 nitrogen and oxygen atoms in total. The third-order valence-corrected chi connectivity index (χ3v) is 7.89. The summed E-state index contributed by atoms with van der Waals surface area (Å²) in [5, 5.41) is 18.7. The van der Waals surface area contributed by atoms with Crippen molar-refractivity contribution in [2.75, 3.05) is 6.61 Å². The van der Waals surface area contributed by atoms with Gasteiger partial charge in [0, 0.05) is 0 Å². The predicted octanol–water partition coefficient (Wildman–Crippen LogP) is 4.47. The lowest BCUT2D eigenvalue weighted by Gasteiger charge is -2.50. The first-order valence-corrected chi connectivity index (χ1v) is 10.4. The molecule has 2 saturated carbocycles. The number of fused-ring (bicyclic) bond motifs is 5. The predicted molar refractivity (Wildman–Crippen MR) is 104 cm³/mol. The number of hydrogen-bond donors (Lipinski definition) is 1. The fourth-order valence-corrected chi connectivity index (χ4v) is 6.23. The summed E-state index contributed by atoms with van der Waals surface area (Å²) >= 11 is 0. The van der Waals surface area contributed by atoms with Gasteiger partial charge in [0.2, 0.25) is 5.66 Å². The Labute approximate surface area is 161 Å². The molecule has 0 saturated heterocycles. The maximum absolute atomic E-state index is 10.5. The molecule has 1 aromatic carbocycles. The monoisotopic (exact) mass is 364 g/mol. The fourth-order valence-electron chi connectivity index (χ4n) is 6.23. The molecule has 1 aromatic rings. The summed E-state index contributed by atoms with van der Waals surface area (Å²) in [6.45, 7) is 2.76. The number of aliphatic hydroxyl groups is 1. The molecule has 0 radical (unpaired) electrons. The molecule has 5 rings (SSSR count). The smallest absolute Gasteiger partial charge is 0.235 e. The average molecular weight is 364 g/mol. The van der Waals surface area contributed by atoms with Crippen molar-refractivity contribution in [3.8, 4) is 18.1 Å². The molecule has 4 aliphatic rings. The molecule has 1 heterocycles. The molecule has 0 unspecified atom stereocenters. The average Bonchev–Trinajstić information content (AvgIpc) is 3.37. The third-order valence-electron chi connectivity index (χ3n) is 7.89. The van der Waals surface area contributed by atoms with Crippen molar-refractivity contribution in [2.45, 2.75) is 69.6 Å². The molecule has 27 heavy (non-hydrogen) atoms. The molecule has 1 aliphatic heterocycles. The molecular weight excluding hydrogens is 336 g/mol. The number of nitrogens with zero attached hydrogens (tertiary/aromatic N) is 2. The summed E-state index contributed by atoms with van der Waals surface area (Å²) in [7, 11) is 0. The van der Waals surface area contributed by atoms with Gasteiger partial charge < -0.3 is 9.84 Å². The van der Waals surface area contributed by atoms with Crippen molar-refractivity contribution in [1.29, 1.82) is 0 Å². The van der Waals surface area contributed by atoms with Gasteiger partial charge in [0.25, 0.3) is 0 Å². The number of benzene rings is 1. The Morgan fingerprint density at radius 1 is 1.26 bits per heavy atom. The highest BCUT2D eigenvalue weighted by Gasteiger charge is 2.54. The van der Waals surface area contributed by atoms with Gasteiger partial charge >= 0.3 is 0 Å². The first kappa shape index (κ1) is 17.3. The summed E-state index contributed by atoms with van der Waals surface area (Å²) in [6.07, 6.45) is 12.7. The van der Waals surface area contributed by atoms with Crippen LogP contribution in [-0.2, 0) is 6.42 Å². The SMILES string of the molecule is C#CCC1(COc2ccc3c(c2)CC[C@@H]2[C@@H]3CC[C@]3(C)[C@@H](O)CC[C@@H]23)N=N1. The van der Waals surface area contributed by atoms with Crippen LogP contribution in [0.5, 0.6) is 5.75 Å². The molecule has 4 heteroatoms. The Morgan fingerprint density at radius 3 is 2.89 bits per heavy atom. The van der Waals surface area contributed by atoms with E-state index in [4.69, 9.17) is 11.2 Å². The van der Waals surface area contributed by atoms with Crippen molar-refractivity contribution in [3.63, 3.8) is 0 Å². The zero-order chi connectivity index (χ0) is 18.6. The standard InChI is InChI=1S/C23H28N2O2/c1-3-11-23(24-25-23)14-27-16-5-7-17-15(13-16)4-6-19-18(17)10-12-22(2)20(19)8-9-21(22)26/h1,5,7,13,18-21,26H,4,6,8-12,14H2,2H3/t18-,19-,20+,21+,22+/m1/s1. The van der Waals surface area contributed by atoms with Crippen molar-refractivity contribution < 1.29 is 9.84 Å². The number of aliphatic hydroxyl groups excluding tert-OH is 1. The highest BCUT2D eigenvalue weighted by Crippen LogP contribution is 2.60. The minimum Gasteiger partial charge on any atom is -0.489 e. The summed E-state index contributed by atoms with van der Waals surface area (Å²) in [5.74, 6) is 5.58. The van der Waals surface area contributed by atoms with Gasteiger partial charge in [-0.05, 0) is 85.0 Å². The van der Waals surface area contributed by atoms with Crippen LogP contribution in [0.15, 0.2) is 28.4 Å². The number of terminal acetylenes is 1.